The Morgan fingerprint density at radius 1 is 1.18 bits per heavy atom. The van der Waals surface area contributed by atoms with E-state index in [4.69, 9.17) is 13.9 Å². The summed E-state index contributed by atoms with van der Waals surface area (Å²) in [5.41, 5.74) is 0. The van der Waals surface area contributed by atoms with Gasteiger partial charge in [-0.05, 0) is 32.0 Å². The first-order valence-electron chi connectivity index (χ1n) is 8.44. The van der Waals surface area contributed by atoms with Gasteiger partial charge in [-0.2, -0.15) is 0 Å². The second kappa shape index (κ2) is 5.15. The molecule has 0 aromatic heterocycles. The number of hydrogen-bond acceptors (Lipinski definition) is 4. The van der Waals surface area contributed by atoms with Crippen LogP contribution in [0.15, 0.2) is 12.2 Å². The second-order valence-corrected chi connectivity index (χ2v) is 13.6. The number of ether oxygens (including phenoxy) is 2. The van der Waals surface area contributed by atoms with E-state index >= 15 is 0 Å². The lowest BCUT2D eigenvalue weighted by Crippen LogP contribution is -2.61. The van der Waals surface area contributed by atoms with Crippen molar-refractivity contribution in [3.63, 3.8) is 0 Å². The summed E-state index contributed by atoms with van der Waals surface area (Å²) in [7, 11) is -1.83. The van der Waals surface area contributed by atoms with Crippen LogP contribution >= 0.6 is 0 Å². The predicted molar refractivity (Wildman–Crippen MR) is 90.4 cm³/mol. The Kier molecular flexibility index (Phi) is 3.89. The summed E-state index contributed by atoms with van der Waals surface area (Å²) in [6.45, 7) is 17.4. The highest BCUT2D eigenvalue weighted by atomic mass is 28.4. The van der Waals surface area contributed by atoms with Crippen molar-refractivity contribution in [2.24, 2.45) is 0 Å². The smallest absolute Gasteiger partial charge is 0.192 e. The Labute approximate surface area is 135 Å². The van der Waals surface area contributed by atoms with Crippen LogP contribution in [0.5, 0.6) is 0 Å². The van der Waals surface area contributed by atoms with E-state index in [2.05, 4.69) is 50.9 Å². The van der Waals surface area contributed by atoms with Crippen LogP contribution in [-0.2, 0) is 13.9 Å². The van der Waals surface area contributed by atoms with Gasteiger partial charge in [0.1, 0.15) is 12.2 Å². The van der Waals surface area contributed by atoms with E-state index in [9.17, 15) is 0 Å². The fraction of sp³-hybridized carbons (Fsp3) is 0.882. The summed E-state index contributed by atoms with van der Waals surface area (Å²) in [6, 6.07) is 0.339. The Morgan fingerprint density at radius 3 is 2.45 bits per heavy atom. The van der Waals surface area contributed by atoms with E-state index in [0.29, 0.717) is 6.04 Å². The third kappa shape index (κ3) is 2.82. The van der Waals surface area contributed by atoms with Gasteiger partial charge in [-0.15, -0.1) is 0 Å². The van der Waals surface area contributed by atoms with Gasteiger partial charge in [-0.25, -0.2) is 0 Å². The van der Waals surface area contributed by atoms with Crippen LogP contribution in [0.1, 0.15) is 34.6 Å². The molecule has 3 aliphatic heterocycles. The first-order chi connectivity index (χ1) is 10.0. The Balaban J connectivity index is 1.83. The average Bonchev–Trinajstić information content (AvgIpc) is 2.89. The summed E-state index contributed by atoms with van der Waals surface area (Å²) < 4.78 is 19.2. The Morgan fingerprint density at radius 2 is 1.82 bits per heavy atom. The zero-order valence-corrected chi connectivity index (χ0v) is 16.1. The van der Waals surface area contributed by atoms with E-state index in [1.807, 2.05) is 13.8 Å². The van der Waals surface area contributed by atoms with E-state index in [-0.39, 0.29) is 23.4 Å². The SMILES string of the molecule is CC1(C)O[C@@H]2[C@H](O1)[C@H](O[Si](C)(C)C(C)(C)C)CN1CC=C[C@@H]21. The van der Waals surface area contributed by atoms with Gasteiger partial charge in [0.25, 0.3) is 0 Å². The molecule has 0 aliphatic carbocycles. The third-order valence-corrected chi connectivity index (χ3v) is 10.1. The molecule has 0 unspecified atom stereocenters. The highest BCUT2D eigenvalue weighted by molar-refractivity contribution is 6.74. The van der Waals surface area contributed by atoms with Crippen LogP contribution in [-0.4, -0.2) is 56.4 Å². The molecule has 0 saturated carbocycles. The number of fused-ring (bicyclic) bond motifs is 3. The molecule has 3 heterocycles. The maximum atomic E-state index is 6.72. The summed E-state index contributed by atoms with van der Waals surface area (Å²) in [6.07, 6.45) is 4.73. The number of nitrogens with zero attached hydrogens (tertiary/aromatic N) is 1. The third-order valence-electron chi connectivity index (χ3n) is 5.63. The summed E-state index contributed by atoms with van der Waals surface area (Å²) in [5.74, 6) is -0.517. The van der Waals surface area contributed by atoms with Gasteiger partial charge >= 0.3 is 0 Å². The number of hydrogen-bond donors (Lipinski definition) is 0. The van der Waals surface area contributed by atoms with Crippen molar-refractivity contribution in [2.75, 3.05) is 13.1 Å². The van der Waals surface area contributed by atoms with Crippen molar-refractivity contribution in [3.8, 4) is 0 Å². The largest absolute Gasteiger partial charge is 0.410 e. The Hall–Kier alpha value is -0.203. The number of piperidine rings is 1. The fourth-order valence-corrected chi connectivity index (χ4v) is 4.78. The highest BCUT2D eigenvalue weighted by Gasteiger charge is 2.55. The van der Waals surface area contributed by atoms with Crippen molar-refractivity contribution < 1.29 is 13.9 Å². The van der Waals surface area contributed by atoms with Crippen molar-refractivity contribution >= 4 is 8.32 Å². The highest BCUT2D eigenvalue weighted by Crippen LogP contribution is 2.43. The predicted octanol–water partition coefficient (Wildman–Crippen LogP) is 3.15. The van der Waals surface area contributed by atoms with Gasteiger partial charge in [0.2, 0.25) is 0 Å². The van der Waals surface area contributed by atoms with Crippen LogP contribution in [0.25, 0.3) is 0 Å². The molecule has 4 atom stereocenters. The van der Waals surface area contributed by atoms with E-state index in [1.54, 1.807) is 0 Å². The van der Waals surface area contributed by atoms with Crippen LogP contribution in [0.3, 0.4) is 0 Å². The normalized spacial score (nSPS) is 38.1. The maximum Gasteiger partial charge on any atom is 0.192 e. The molecule has 3 rings (SSSR count). The van der Waals surface area contributed by atoms with Crippen LogP contribution in [0, 0.1) is 0 Å². The second-order valence-electron chi connectivity index (χ2n) is 8.85. The minimum atomic E-state index is -1.83. The minimum Gasteiger partial charge on any atom is -0.410 e. The molecule has 126 valence electrons. The quantitative estimate of drug-likeness (QED) is 0.576. The molecule has 0 bridgehead atoms. The molecule has 0 amide bonds. The van der Waals surface area contributed by atoms with Gasteiger partial charge < -0.3 is 13.9 Å². The van der Waals surface area contributed by atoms with Gasteiger partial charge in [0.05, 0.1) is 12.1 Å². The van der Waals surface area contributed by atoms with Gasteiger partial charge in [-0.1, -0.05) is 32.9 Å². The lowest BCUT2D eigenvalue weighted by Gasteiger charge is -2.46. The molecular formula is C17H31NO3Si. The first-order valence-corrected chi connectivity index (χ1v) is 11.4. The van der Waals surface area contributed by atoms with Crippen molar-refractivity contribution in [1.82, 2.24) is 4.90 Å². The molecular weight excluding hydrogens is 294 g/mol. The van der Waals surface area contributed by atoms with E-state index < -0.39 is 14.1 Å². The molecule has 0 aromatic rings. The summed E-state index contributed by atoms with van der Waals surface area (Å²) >= 11 is 0. The zero-order valence-electron chi connectivity index (χ0n) is 15.1. The average molecular weight is 326 g/mol. The summed E-state index contributed by atoms with van der Waals surface area (Å²) in [5, 5.41) is 0.206. The topological polar surface area (TPSA) is 30.9 Å². The van der Waals surface area contributed by atoms with Gasteiger partial charge in [0, 0.05) is 13.1 Å². The minimum absolute atomic E-state index is 0.0353. The molecule has 3 aliphatic rings. The van der Waals surface area contributed by atoms with Crippen molar-refractivity contribution in [2.45, 2.75) is 82.9 Å². The maximum absolute atomic E-state index is 6.72. The first kappa shape index (κ1) is 16.6. The molecule has 0 spiro atoms. The van der Waals surface area contributed by atoms with Crippen LogP contribution in [0.4, 0.5) is 0 Å². The Bertz CT molecular complexity index is 469. The molecule has 0 radical (unpaired) electrons. The van der Waals surface area contributed by atoms with Crippen molar-refractivity contribution in [3.05, 3.63) is 12.2 Å². The molecule has 2 fully saturated rings. The zero-order chi connectivity index (χ0) is 16.3. The van der Waals surface area contributed by atoms with Crippen LogP contribution < -0.4 is 0 Å². The van der Waals surface area contributed by atoms with E-state index in [0.717, 1.165) is 13.1 Å². The fourth-order valence-electron chi connectivity index (χ4n) is 3.46. The van der Waals surface area contributed by atoms with Crippen molar-refractivity contribution in [1.29, 1.82) is 0 Å². The molecule has 5 heteroatoms. The lowest BCUT2D eigenvalue weighted by molar-refractivity contribution is -0.152. The standard InChI is InChI=1S/C17H31NO3Si/c1-16(2,3)22(6,7)21-13-11-18-10-8-9-12(18)14-15(13)20-17(4,5)19-14/h8-9,12-15H,10-11H2,1-7H3/t12-,13+,14-,15+/m0/s1. The molecule has 2 saturated heterocycles. The van der Waals surface area contributed by atoms with Gasteiger partial charge in [-0.3, -0.25) is 4.90 Å². The molecule has 0 aromatic carbocycles. The van der Waals surface area contributed by atoms with E-state index in [1.165, 1.54) is 0 Å². The van der Waals surface area contributed by atoms with Crippen LogP contribution in [0.2, 0.25) is 18.1 Å². The molecule has 4 nitrogen and oxygen atoms in total. The summed E-state index contributed by atoms with van der Waals surface area (Å²) in [4.78, 5) is 2.46. The lowest BCUT2D eigenvalue weighted by atomic mass is 9.96. The number of rotatable bonds is 2. The molecule has 22 heavy (non-hydrogen) atoms. The molecule has 0 N–H and O–H groups in total. The van der Waals surface area contributed by atoms with Gasteiger partial charge in [0.15, 0.2) is 14.1 Å². The monoisotopic (exact) mass is 325 g/mol.